The number of rotatable bonds is 0. The van der Waals surface area contributed by atoms with Gasteiger partial charge < -0.3 is 4.42 Å². The second-order valence-electron chi connectivity index (χ2n) is 2.17. The predicted octanol–water partition coefficient (Wildman–Crippen LogP) is 1.53. The van der Waals surface area contributed by atoms with Crippen LogP contribution >= 0.6 is 0 Å². The average Bonchev–Trinajstić information content (AvgIpc) is 2.33. The van der Waals surface area contributed by atoms with E-state index in [-0.39, 0.29) is 0 Å². The van der Waals surface area contributed by atoms with Crippen molar-refractivity contribution < 1.29 is 4.42 Å². The molecule has 0 unspecified atom stereocenters. The zero-order chi connectivity index (χ0) is 6.97. The number of aryl methyl sites for hydroxylation is 1. The fraction of sp³-hybridized carbons (Fsp3) is 0.143. The van der Waals surface area contributed by atoms with Crippen LogP contribution in [0.15, 0.2) is 22.8 Å². The van der Waals surface area contributed by atoms with Crippen LogP contribution in [0.5, 0.6) is 0 Å². The third kappa shape index (κ3) is 0.673. The molecule has 50 valence electrons. The van der Waals surface area contributed by atoms with Gasteiger partial charge in [-0.1, -0.05) is 0 Å². The van der Waals surface area contributed by atoms with Gasteiger partial charge in [0.2, 0.25) is 5.71 Å². The number of furan rings is 1. The van der Waals surface area contributed by atoms with Crippen LogP contribution in [-0.4, -0.2) is 10.2 Å². The molecule has 0 aliphatic carbocycles. The van der Waals surface area contributed by atoms with Crippen molar-refractivity contribution in [2.24, 2.45) is 0 Å². The number of hydrogen-bond acceptors (Lipinski definition) is 3. The predicted molar refractivity (Wildman–Crippen MR) is 36.5 cm³/mol. The van der Waals surface area contributed by atoms with Crippen LogP contribution < -0.4 is 0 Å². The van der Waals surface area contributed by atoms with Crippen molar-refractivity contribution in [3.8, 4) is 0 Å². The highest BCUT2D eigenvalue weighted by Crippen LogP contribution is 2.10. The SMILES string of the molecule is Cc1cc2ccoc2nn1. The van der Waals surface area contributed by atoms with Crippen LogP contribution in [0.25, 0.3) is 11.1 Å². The number of fused-ring (bicyclic) bond motifs is 1. The Balaban J connectivity index is 2.86. The maximum atomic E-state index is 5.00. The molecule has 2 aromatic rings. The van der Waals surface area contributed by atoms with E-state index in [2.05, 4.69) is 10.2 Å². The van der Waals surface area contributed by atoms with E-state index in [0.717, 1.165) is 11.1 Å². The minimum atomic E-state index is 0.602. The zero-order valence-corrected chi connectivity index (χ0v) is 5.53. The van der Waals surface area contributed by atoms with Crippen molar-refractivity contribution in [2.45, 2.75) is 6.92 Å². The molecule has 3 nitrogen and oxygen atoms in total. The van der Waals surface area contributed by atoms with Crippen molar-refractivity contribution in [1.82, 2.24) is 10.2 Å². The van der Waals surface area contributed by atoms with Crippen LogP contribution in [0.4, 0.5) is 0 Å². The van der Waals surface area contributed by atoms with Crippen LogP contribution in [-0.2, 0) is 0 Å². The summed E-state index contributed by atoms with van der Waals surface area (Å²) in [6.07, 6.45) is 1.61. The molecule has 0 saturated heterocycles. The van der Waals surface area contributed by atoms with E-state index in [1.807, 2.05) is 19.1 Å². The topological polar surface area (TPSA) is 38.9 Å². The third-order valence-electron chi connectivity index (χ3n) is 1.34. The molecular formula is C7H6N2O. The Kier molecular flexibility index (Phi) is 0.974. The second-order valence-corrected chi connectivity index (χ2v) is 2.17. The lowest BCUT2D eigenvalue weighted by atomic mass is 10.3. The first-order valence-electron chi connectivity index (χ1n) is 3.04. The van der Waals surface area contributed by atoms with Crippen LogP contribution in [0.2, 0.25) is 0 Å². The van der Waals surface area contributed by atoms with Crippen LogP contribution in [0, 0.1) is 6.92 Å². The van der Waals surface area contributed by atoms with Gasteiger partial charge in [-0.15, -0.1) is 5.10 Å². The molecule has 2 rings (SSSR count). The maximum Gasteiger partial charge on any atom is 0.245 e. The molecule has 0 saturated carbocycles. The van der Waals surface area contributed by atoms with E-state index >= 15 is 0 Å². The second kappa shape index (κ2) is 1.80. The number of nitrogens with zero attached hydrogens (tertiary/aromatic N) is 2. The molecule has 3 heteroatoms. The lowest BCUT2D eigenvalue weighted by Crippen LogP contribution is -1.83. The van der Waals surface area contributed by atoms with Gasteiger partial charge in [-0.25, -0.2) is 0 Å². The summed E-state index contributed by atoms with van der Waals surface area (Å²) in [5.41, 5.74) is 1.51. The standard InChI is InChI=1S/C7H6N2O/c1-5-4-6-2-3-10-7(6)9-8-5/h2-4H,1H3. The smallest absolute Gasteiger partial charge is 0.245 e. The summed E-state index contributed by atoms with van der Waals surface area (Å²) in [6, 6.07) is 3.81. The molecule has 0 amide bonds. The zero-order valence-electron chi connectivity index (χ0n) is 5.53. The lowest BCUT2D eigenvalue weighted by Gasteiger charge is -1.86. The monoisotopic (exact) mass is 134 g/mol. The van der Waals surface area contributed by atoms with Crippen molar-refractivity contribution in [2.75, 3.05) is 0 Å². The van der Waals surface area contributed by atoms with Crippen molar-refractivity contribution in [3.05, 3.63) is 24.1 Å². The Morgan fingerprint density at radius 2 is 2.30 bits per heavy atom. The van der Waals surface area contributed by atoms with Gasteiger partial charge in [0.25, 0.3) is 0 Å². The van der Waals surface area contributed by atoms with Crippen molar-refractivity contribution in [1.29, 1.82) is 0 Å². The van der Waals surface area contributed by atoms with Gasteiger partial charge in [0.1, 0.15) is 0 Å². The summed E-state index contributed by atoms with van der Waals surface area (Å²) in [6.45, 7) is 1.90. The Labute approximate surface area is 57.7 Å². The van der Waals surface area contributed by atoms with E-state index in [9.17, 15) is 0 Å². The van der Waals surface area contributed by atoms with Crippen molar-refractivity contribution >= 4 is 11.1 Å². The Morgan fingerprint density at radius 1 is 1.40 bits per heavy atom. The molecule has 10 heavy (non-hydrogen) atoms. The molecule has 0 fully saturated rings. The minimum absolute atomic E-state index is 0.602. The van der Waals surface area contributed by atoms with Gasteiger partial charge >= 0.3 is 0 Å². The summed E-state index contributed by atoms with van der Waals surface area (Å²) >= 11 is 0. The van der Waals surface area contributed by atoms with E-state index in [1.54, 1.807) is 6.26 Å². The Morgan fingerprint density at radius 3 is 3.20 bits per heavy atom. The molecule has 2 aromatic heterocycles. The van der Waals surface area contributed by atoms with Crippen LogP contribution in [0.3, 0.4) is 0 Å². The molecule has 0 bridgehead atoms. The van der Waals surface area contributed by atoms with E-state index in [0.29, 0.717) is 5.71 Å². The molecule has 0 radical (unpaired) electrons. The molecule has 2 heterocycles. The van der Waals surface area contributed by atoms with Gasteiger partial charge in [-0.2, -0.15) is 5.10 Å². The first-order chi connectivity index (χ1) is 4.86. The largest absolute Gasteiger partial charge is 0.445 e. The fourth-order valence-electron chi connectivity index (χ4n) is 0.880. The highest BCUT2D eigenvalue weighted by molar-refractivity contribution is 5.72. The first kappa shape index (κ1) is 5.41. The van der Waals surface area contributed by atoms with Crippen LogP contribution in [0.1, 0.15) is 5.69 Å². The minimum Gasteiger partial charge on any atom is -0.445 e. The quantitative estimate of drug-likeness (QED) is 0.548. The summed E-state index contributed by atoms with van der Waals surface area (Å²) in [7, 11) is 0. The highest BCUT2D eigenvalue weighted by atomic mass is 16.3. The normalized spacial score (nSPS) is 10.5. The lowest BCUT2D eigenvalue weighted by molar-refractivity contribution is 0.596. The fourth-order valence-corrected chi connectivity index (χ4v) is 0.880. The Hall–Kier alpha value is -1.38. The van der Waals surface area contributed by atoms with E-state index < -0.39 is 0 Å². The molecule has 0 aliphatic rings. The van der Waals surface area contributed by atoms with Crippen molar-refractivity contribution in [3.63, 3.8) is 0 Å². The Bertz CT molecular complexity index is 353. The van der Waals surface area contributed by atoms with Gasteiger partial charge in [-0.3, -0.25) is 0 Å². The maximum absolute atomic E-state index is 5.00. The summed E-state index contributed by atoms with van der Waals surface area (Å²) in [5, 5.41) is 8.67. The third-order valence-corrected chi connectivity index (χ3v) is 1.34. The van der Waals surface area contributed by atoms with E-state index in [1.165, 1.54) is 0 Å². The molecule has 0 aliphatic heterocycles. The van der Waals surface area contributed by atoms with E-state index in [4.69, 9.17) is 4.42 Å². The van der Waals surface area contributed by atoms with Gasteiger partial charge in [0.05, 0.1) is 12.0 Å². The van der Waals surface area contributed by atoms with Gasteiger partial charge in [-0.05, 0) is 19.1 Å². The molecular weight excluding hydrogens is 128 g/mol. The number of hydrogen-bond donors (Lipinski definition) is 0. The van der Waals surface area contributed by atoms with Gasteiger partial charge in [0, 0.05) is 5.39 Å². The number of aromatic nitrogens is 2. The summed E-state index contributed by atoms with van der Waals surface area (Å²) < 4.78 is 5.00. The average molecular weight is 134 g/mol. The molecule has 0 spiro atoms. The molecule has 0 atom stereocenters. The highest BCUT2D eigenvalue weighted by Gasteiger charge is 1.96. The summed E-state index contributed by atoms with van der Waals surface area (Å²) in [5.74, 6) is 0. The van der Waals surface area contributed by atoms with Gasteiger partial charge in [0.15, 0.2) is 0 Å². The summed E-state index contributed by atoms with van der Waals surface area (Å²) in [4.78, 5) is 0. The molecule has 0 aromatic carbocycles. The molecule has 0 N–H and O–H groups in total. The first-order valence-corrected chi connectivity index (χ1v) is 3.04.